The van der Waals surface area contributed by atoms with Crippen LogP contribution in [0.3, 0.4) is 0 Å². The van der Waals surface area contributed by atoms with Gasteiger partial charge in [-0.2, -0.15) is 0 Å². The summed E-state index contributed by atoms with van der Waals surface area (Å²) in [5.74, 6) is -2.28. The Bertz CT molecular complexity index is 942. The van der Waals surface area contributed by atoms with Gasteiger partial charge >= 0.3 is 0 Å². The zero-order valence-electron chi connectivity index (χ0n) is 12.3. The Morgan fingerprint density at radius 3 is 2.75 bits per heavy atom. The van der Waals surface area contributed by atoms with Gasteiger partial charge in [0, 0.05) is 23.3 Å². The number of amides is 1. The molecule has 0 radical (unpaired) electrons. The second kappa shape index (κ2) is 5.32. The fourth-order valence-corrected chi connectivity index (χ4v) is 6.28. The van der Waals surface area contributed by atoms with Gasteiger partial charge in [0.25, 0.3) is 0 Å². The maximum absolute atomic E-state index is 13.4. The second-order valence-electron chi connectivity index (χ2n) is 6.02. The van der Waals surface area contributed by atoms with Gasteiger partial charge in [-0.1, -0.05) is 0 Å². The molecule has 4 rings (SSSR count). The van der Waals surface area contributed by atoms with E-state index in [1.807, 2.05) is 0 Å². The first-order valence-corrected chi connectivity index (χ1v) is 9.97. The smallest absolute Gasteiger partial charge is 0.229 e. The number of nitrogens with zero attached hydrogens (tertiary/aromatic N) is 2. The summed E-state index contributed by atoms with van der Waals surface area (Å²) in [5.41, 5.74) is 0.824. The predicted molar refractivity (Wildman–Crippen MR) is 85.5 cm³/mol. The number of hydrogen-bond donors (Lipinski definition) is 0. The quantitative estimate of drug-likeness (QED) is 0.813. The fraction of sp³-hybridized carbons (Fsp3) is 0.333. The minimum absolute atomic E-state index is 0.0291. The molecule has 1 aromatic heterocycles. The van der Waals surface area contributed by atoms with Gasteiger partial charge in [-0.3, -0.25) is 9.69 Å². The number of fused-ring (bicyclic) bond motifs is 1. The fourth-order valence-electron chi connectivity index (χ4n) is 3.30. The number of aromatic nitrogens is 1. The van der Waals surface area contributed by atoms with Crippen molar-refractivity contribution in [1.82, 2.24) is 4.98 Å². The molecule has 0 saturated carbocycles. The van der Waals surface area contributed by atoms with Crippen LogP contribution in [0, 0.1) is 17.6 Å². The molecular formula is C15H12F2N2O3S2. The first kappa shape index (κ1) is 15.6. The van der Waals surface area contributed by atoms with E-state index in [1.54, 1.807) is 5.38 Å². The molecule has 5 nitrogen and oxygen atoms in total. The molecule has 2 aliphatic rings. The molecule has 24 heavy (non-hydrogen) atoms. The van der Waals surface area contributed by atoms with Crippen LogP contribution >= 0.6 is 11.3 Å². The van der Waals surface area contributed by atoms with Gasteiger partial charge in [0.15, 0.2) is 26.6 Å². The van der Waals surface area contributed by atoms with Crippen molar-refractivity contribution in [3.05, 3.63) is 35.2 Å². The Morgan fingerprint density at radius 2 is 2.00 bits per heavy atom. The van der Waals surface area contributed by atoms with Crippen LogP contribution in [0.5, 0.6) is 0 Å². The van der Waals surface area contributed by atoms with Gasteiger partial charge in [-0.25, -0.2) is 22.2 Å². The number of anilines is 1. The van der Waals surface area contributed by atoms with Crippen molar-refractivity contribution in [2.45, 2.75) is 12.5 Å². The van der Waals surface area contributed by atoms with Crippen LogP contribution in [0.4, 0.5) is 13.9 Å². The van der Waals surface area contributed by atoms with E-state index in [0.29, 0.717) is 16.4 Å². The number of sulfone groups is 1. The highest BCUT2D eigenvalue weighted by Crippen LogP contribution is 2.39. The molecule has 0 bridgehead atoms. The number of rotatable bonds is 2. The summed E-state index contributed by atoms with van der Waals surface area (Å²) in [5, 5.41) is 2.04. The minimum Gasteiger partial charge on any atom is -0.284 e. The molecule has 126 valence electrons. The second-order valence-corrected chi connectivity index (χ2v) is 9.01. The van der Waals surface area contributed by atoms with E-state index in [4.69, 9.17) is 0 Å². The molecule has 1 aromatic carbocycles. The molecule has 2 unspecified atom stereocenters. The molecule has 2 atom stereocenters. The number of thiazole rings is 1. The summed E-state index contributed by atoms with van der Waals surface area (Å²) >= 11 is 1.19. The number of carbonyl (C=O) groups is 1. The molecule has 0 N–H and O–H groups in total. The highest BCUT2D eigenvalue weighted by molar-refractivity contribution is 7.91. The summed E-state index contributed by atoms with van der Waals surface area (Å²) in [6.45, 7) is 0. The Kier molecular flexibility index (Phi) is 3.47. The van der Waals surface area contributed by atoms with Crippen LogP contribution in [0.2, 0.25) is 0 Å². The van der Waals surface area contributed by atoms with Crippen molar-refractivity contribution in [2.24, 2.45) is 5.92 Å². The highest BCUT2D eigenvalue weighted by Gasteiger charge is 2.50. The molecule has 2 fully saturated rings. The maximum atomic E-state index is 13.4. The van der Waals surface area contributed by atoms with Crippen molar-refractivity contribution in [3.8, 4) is 11.3 Å². The molecule has 2 aliphatic heterocycles. The Hall–Kier alpha value is -1.87. The zero-order chi connectivity index (χ0) is 17.1. The van der Waals surface area contributed by atoms with Crippen LogP contribution in [-0.2, 0) is 14.6 Å². The lowest BCUT2D eigenvalue weighted by Gasteiger charge is -2.19. The van der Waals surface area contributed by atoms with Gasteiger partial charge in [-0.15, -0.1) is 11.3 Å². The van der Waals surface area contributed by atoms with E-state index in [1.165, 1.54) is 22.3 Å². The number of halogens is 2. The molecule has 0 spiro atoms. The van der Waals surface area contributed by atoms with Crippen LogP contribution in [0.1, 0.15) is 6.42 Å². The van der Waals surface area contributed by atoms with Gasteiger partial charge < -0.3 is 0 Å². The van der Waals surface area contributed by atoms with E-state index in [0.717, 1.165) is 12.1 Å². The molecular weight excluding hydrogens is 358 g/mol. The summed E-state index contributed by atoms with van der Waals surface area (Å²) in [6, 6.07) is 3.09. The molecule has 3 heterocycles. The van der Waals surface area contributed by atoms with E-state index in [-0.39, 0.29) is 35.8 Å². The third-order valence-electron chi connectivity index (χ3n) is 4.39. The van der Waals surface area contributed by atoms with Crippen molar-refractivity contribution in [2.75, 3.05) is 16.4 Å². The van der Waals surface area contributed by atoms with Crippen LogP contribution in [-0.4, -0.2) is 36.9 Å². The molecule has 0 aliphatic carbocycles. The predicted octanol–water partition coefficient (Wildman–Crippen LogP) is 2.24. The number of hydrogen-bond acceptors (Lipinski definition) is 5. The standard InChI is InChI=1S/C15H12F2N2O3S2/c16-10-2-1-8(3-11(10)17)12-5-23-15(18-12)19-13-7-24(21,22)6-9(13)4-14(19)20/h1-3,5,9,13H,4,6-7H2. The van der Waals surface area contributed by atoms with E-state index >= 15 is 0 Å². The summed E-state index contributed by atoms with van der Waals surface area (Å²) < 4.78 is 50.0. The van der Waals surface area contributed by atoms with E-state index in [2.05, 4.69) is 4.98 Å². The minimum atomic E-state index is -3.13. The van der Waals surface area contributed by atoms with Crippen molar-refractivity contribution in [3.63, 3.8) is 0 Å². The largest absolute Gasteiger partial charge is 0.284 e. The monoisotopic (exact) mass is 370 g/mol. The van der Waals surface area contributed by atoms with Crippen molar-refractivity contribution < 1.29 is 22.0 Å². The first-order chi connectivity index (χ1) is 11.3. The summed E-state index contributed by atoms with van der Waals surface area (Å²) in [4.78, 5) is 18.0. The Morgan fingerprint density at radius 1 is 1.21 bits per heavy atom. The van der Waals surface area contributed by atoms with Gasteiger partial charge in [0.1, 0.15) is 0 Å². The lowest BCUT2D eigenvalue weighted by molar-refractivity contribution is -0.117. The zero-order valence-corrected chi connectivity index (χ0v) is 13.9. The van der Waals surface area contributed by atoms with E-state index in [9.17, 15) is 22.0 Å². The number of carbonyl (C=O) groups excluding carboxylic acids is 1. The van der Waals surface area contributed by atoms with Crippen LogP contribution in [0.25, 0.3) is 11.3 Å². The van der Waals surface area contributed by atoms with Crippen molar-refractivity contribution >= 4 is 32.2 Å². The Labute approximate surface area is 140 Å². The topological polar surface area (TPSA) is 67.3 Å². The van der Waals surface area contributed by atoms with Gasteiger partial charge in [0.2, 0.25) is 5.91 Å². The van der Waals surface area contributed by atoms with Gasteiger partial charge in [-0.05, 0) is 18.2 Å². The lowest BCUT2D eigenvalue weighted by Crippen LogP contribution is -2.36. The maximum Gasteiger partial charge on any atom is 0.229 e. The average molecular weight is 370 g/mol. The van der Waals surface area contributed by atoms with Gasteiger partial charge in [0.05, 0.1) is 23.2 Å². The van der Waals surface area contributed by atoms with Crippen LogP contribution in [0.15, 0.2) is 23.6 Å². The SMILES string of the molecule is O=C1CC2CS(=O)(=O)CC2N1c1nc(-c2ccc(F)c(F)c2)cs1. The van der Waals surface area contributed by atoms with Crippen molar-refractivity contribution in [1.29, 1.82) is 0 Å². The average Bonchev–Trinajstić information content (AvgIpc) is 3.14. The third-order valence-corrected chi connectivity index (χ3v) is 7.01. The molecule has 2 aromatic rings. The molecule has 1 amide bonds. The molecule has 2 saturated heterocycles. The molecule has 9 heteroatoms. The summed E-state index contributed by atoms with van der Waals surface area (Å²) in [6.07, 6.45) is 0.198. The normalized spacial score (nSPS) is 25.2. The first-order valence-electron chi connectivity index (χ1n) is 7.27. The van der Waals surface area contributed by atoms with Crippen LogP contribution < -0.4 is 4.90 Å². The van der Waals surface area contributed by atoms with E-state index < -0.39 is 21.5 Å². The third kappa shape index (κ3) is 2.51. The summed E-state index contributed by atoms with van der Waals surface area (Å²) in [7, 11) is -3.13. The lowest BCUT2D eigenvalue weighted by atomic mass is 10.1. The Balaban J connectivity index is 1.67. The highest BCUT2D eigenvalue weighted by atomic mass is 32.2. The number of benzene rings is 1.